The lowest BCUT2D eigenvalue weighted by atomic mass is 10.2. The molecule has 2 aliphatic rings. The Hall–Kier alpha value is -3.33. The van der Waals surface area contributed by atoms with Crippen LogP contribution in [0.1, 0.15) is 33.7 Å². The Morgan fingerprint density at radius 2 is 1.87 bits per heavy atom. The summed E-state index contributed by atoms with van der Waals surface area (Å²) in [6, 6.07) is 12.0. The van der Waals surface area contributed by atoms with Crippen LogP contribution in [0.2, 0.25) is 0 Å². The highest BCUT2D eigenvalue weighted by molar-refractivity contribution is 7.90. The average molecular weight is 439 g/mol. The molecule has 160 valence electrons. The first-order valence-corrected chi connectivity index (χ1v) is 11.9. The highest BCUT2D eigenvalue weighted by Crippen LogP contribution is 2.34. The Balaban J connectivity index is 1.38. The number of carbonyl (C=O) groups is 1. The molecule has 0 spiro atoms. The van der Waals surface area contributed by atoms with Gasteiger partial charge in [-0.1, -0.05) is 12.1 Å². The topological polar surface area (TPSA) is 99.5 Å². The summed E-state index contributed by atoms with van der Waals surface area (Å²) in [6.07, 6.45) is 3.84. The summed E-state index contributed by atoms with van der Waals surface area (Å²) in [5.41, 5.74) is 4.01. The Labute approximate surface area is 179 Å². The van der Waals surface area contributed by atoms with E-state index in [1.54, 1.807) is 42.5 Å². The summed E-state index contributed by atoms with van der Waals surface area (Å²) in [6.45, 7) is 0.652. The van der Waals surface area contributed by atoms with E-state index in [0.29, 0.717) is 29.4 Å². The van der Waals surface area contributed by atoms with Crippen molar-refractivity contribution in [1.82, 2.24) is 9.78 Å². The van der Waals surface area contributed by atoms with Crippen LogP contribution in [0.3, 0.4) is 0 Å². The molecule has 0 atom stereocenters. The number of fused-ring (bicyclic) bond motifs is 2. The molecule has 1 aliphatic heterocycles. The quantitative estimate of drug-likeness (QED) is 0.656. The molecule has 0 bridgehead atoms. The number of benzene rings is 2. The van der Waals surface area contributed by atoms with Crippen LogP contribution < -0.4 is 14.8 Å². The molecule has 0 saturated heterocycles. The van der Waals surface area contributed by atoms with Crippen molar-refractivity contribution in [2.45, 2.75) is 30.7 Å². The molecule has 1 aromatic heterocycles. The number of amides is 1. The van der Waals surface area contributed by atoms with Crippen LogP contribution >= 0.6 is 0 Å². The SMILES string of the molecule is CS(=O)(=O)c1ccc(Cn2nc(C(=O)Nc3ccc4c(c3)OCO4)c3c2CCC3)cc1. The standard InChI is InChI=1S/C22H21N3O5S/c1-31(27,28)16-8-5-14(6-9-16)12-25-18-4-2-3-17(18)21(24-25)22(26)23-15-7-10-19-20(11-15)30-13-29-19/h5-11H,2-4,12-13H2,1H3,(H,23,26). The number of nitrogens with one attached hydrogen (secondary N) is 1. The van der Waals surface area contributed by atoms with E-state index in [2.05, 4.69) is 10.4 Å². The molecule has 9 heteroatoms. The van der Waals surface area contributed by atoms with Gasteiger partial charge in [-0.25, -0.2) is 8.42 Å². The number of hydrogen-bond acceptors (Lipinski definition) is 6. The van der Waals surface area contributed by atoms with E-state index >= 15 is 0 Å². The molecule has 2 heterocycles. The molecule has 0 radical (unpaired) electrons. The van der Waals surface area contributed by atoms with Gasteiger partial charge in [-0.05, 0) is 49.1 Å². The molecule has 1 aliphatic carbocycles. The van der Waals surface area contributed by atoms with Crippen LogP contribution in [0, 0.1) is 0 Å². The molecular formula is C22H21N3O5S. The fourth-order valence-corrected chi connectivity index (χ4v) is 4.63. The summed E-state index contributed by atoms with van der Waals surface area (Å²) < 4.78 is 35.9. The normalized spacial score (nSPS) is 14.5. The molecule has 1 N–H and O–H groups in total. The fraction of sp³-hybridized carbons (Fsp3) is 0.273. The summed E-state index contributed by atoms with van der Waals surface area (Å²) in [4.78, 5) is 13.3. The number of ether oxygens (including phenoxy) is 2. The van der Waals surface area contributed by atoms with Crippen molar-refractivity contribution in [3.05, 3.63) is 65.0 Å². The van der Waals surface area contributed by atoms with Crippen LogP contribution in [-0.2, 0) is 29.2 Å². The van der Waals surface area contributed by atoms with Crippen LogP contribution in [0.15, 0.2) is 47.4 Å². The maximum Gasteiger partial charge on any atom is 0.276 e. The van der Waals surface area contributed by atoms with Crippen molar-refractivity contribution in [3.63, 3.8) is 0 Å². The van der Waals surface area contributed by atoms with Crippen molar-refractivity contribution in [2.24, 2.45) is 0 Å². The Bertz CT molecular complexity index is 1280. The number of anilines is 1. The minimum Gasteiger partial charge on any atom is -0.454 e. The maximum absolute atomic E-state index is 13.0. The number of carbonyl (C=O) groups excluding carboxylic acids is 1. The lowest BCUT2D eigenvalue weighted by Crippen LogP contribution is -2.15. The van der Waals surface area contributed by atoms with Gasteiger partial charge in [-0.2, -0.15) is 5.10 Å². The Morgan fingerprint density at radius 1 is 1.10 bits per heavy atom. The van der Waals surface area contributed by atoms with Crippen LogP contribution in [0.4, 0.5) is 5.69 Å². The zero-order valence-electron chi connectivity index (χ0n) is 16.9. The summed E-state index contributed by atoms with van der Waals surface area (Å²) in [5, 5.41) is 7.50. The third kappa shape index (κ3) is 3.76. The van der Waals surface area contributed by atoms with Crippen molar-refractivity contribution < 1.29 is 22.7 Å². The van der Waals surface area contributed by atoms with Crippen LogP contribution in [0.25, 0.3) is 0 Å². The molecule has 2 aromatic carbocycles. The maximum atomic E-state index is 13.0. The molecule has 0 fully saturated rings. The first kappa shape index (κ1) is 19.6. The number of hydrogen-bond donors (Lipinski definition) is 1. The lowest BCUT2D eigenvalue weighted by Gasteiger charge is -2.07. The van der Waals surface area contributed by atoms with Gasteiger partial charge in [-0.3, -0.25) is 9.48 Å². The van der Waals surface area contributed by atoms with Gasteiger partial charge in [0.25, 0.3) is 5.91 Å². The third-order valence-corrected chi connectivity index (χ3v) is 6.66. The second-order valence-corrected chi connectivity index (χ2v) is 9.74. The third-order valence-electron chi connectivity index (χ3n) is 5.54. The predicted molar refractivity (Wildman–Crippen MR) is 113 cm³/mol. The predicted octanol–water partition coefficient (Wildman–Crippen LogP) is 2.80. The van der Waals surface area contributed by atoms with E-state index in [9.17, 15) is 13.2 Å². The van der Waals surface area contributed by atoms with Gasteiger partial charge in [-0.15, -0.1) is 0 Å². The number of aromatic nitrogens is 2. The monoisotopic (exact) mass is 439 g/mol. The molecular weight excluding hydrogens is 418 g/mol. The Kier molecular flexibility index (Phi) is 4.70. The van der Waals surface area contributed by atoms with E-state index in [1.807, 2.05) is 4.68 Å². The minimum absolute atomic E-state index is 0.176. The van der Waals surface area contributed by atoms with E-state index in [1.165, 1.54) is 6.26 Å². The van der Waals surface area contributed by atoms with Gasteiger partial charge in [0.15, 0.2) is 27.0 Å². The smallest absolute Gasteiger partial charge is 0.276 e. The lowest BCUT2D eigenvalue weighted by molar-refractivity contribution is 0.102. The highest BCUT2D eigenvalue weighted by Gasteiger charge is 2.27. The van der Waals surface area contributed by atoms with Crippen molar-refractivity contribution in [3.8, 4) is 11.5 Å². The van der Waals surface area contributed by atoms with Crippen molar-refractivity contribution in [1.29, 1.82) is 0 Å². The zero-order valence-corrected chi connectivity index (χ0v) is 17.7. The fourth-order valence-electron chi connectivity index (χ4n) is 4.00. The average Bonchev–Trinajstić information content (AvgIpc) is 3.45. The molecule has 5 rings (SSSR count). The molecule has 0 saturated carbocycles. The first-order chi connectivity index (χ1) is 14.9. The van der Waals surface area contributed by atoms with E-state index in [0.717, 1.165) is 36.1 Å². The van der Waals surface area contributed by atoms with Gasteiger partial charge >= 0.3 is 0 Å². The van der Waals surface area contributed by atoms with E-state index in [-0.39, 0.29) is 17.6 Å². The van der Waals surface area contributed by atoms with Gasteiger partial charge in [0.2, 0.25) is 6.79 Å². The molecule has 31 heavy (non-hydrogen) atoms. The van der Waals surface area contributed by atoms with Crippen LogP contribution in [-0.4, -0.2) is 37.2 Å². The minimum atomic E-state index is -3.23. The van der Waals surface area contributed by atoms with Gasteiger partial charge in [0.05, 0.1) is 11.4 Å². The summed E-state index contributed by atoms with van der Waals surface area (Å²) in [7, 11) is -3.23. The van der Waals surface area contributed by atoms with E-state index < -0.39 is 9.84 Å². The first-order valence-electron chi connectivity index (χ1n) is 9.97. The highest BCUT2D eigenvalue weighted by atomic mass is 32.2. The number of sulfone groups is 1. The summed E-state index contributed by atoms with van der Waals surface area (Å²) in [5.74, 6) is 0.999. The van der Waals surface area contributed by atoms with E-state index in [4.69, 9.17) is 9.47 Å². The van der Waals surface area contributed by atoms with Crippen LogP contribution in [0.5, 0.6) is 11.5 Å². The van der Waals surface area contributed by atoms with Gasteiger partial charge in [0.1, 0.15) is 0 Å². The number of nitrogens with zero attached hydrogens (tertiary/aromatic N) is 2. The zero-order chi connectivity index (χ0) is 21.6. The van der Waals surface area contributed by atoms with Crippen molar-refractivity contribution in [2.75, 3.05) is 18.4 Å². The molecule has 1 amide bonds. The van der Waals surface area contributed by atoms with Gasteiger partial charge in [0, 0.05) is 29.3 Å². The molecule has 8 nitrogen and oxygen atoms in total. The summed E-state index contributed by atoms with van der Waals surface area (Å²) >= 11 is 0. The number of rotatable bonds is 5. The largest absolute Gasteiger partial charge is 0.454 e. The Morgan fingerprint density at radius 3 is 2.65 bits per heavy atom. The molecule has 0 unspecified atom stereocenters. The second kappa shape index (κ2) is 7.42. The molecule has 3 aromatic rings. The van der Waals surface area contributed by atoms with Gasteiger partial charge < -0.3 is 14.8 Å². The second-order valence-electron chi connectivity index (χ2n) is 7.72. The van der Waals surface area contributed by atoms with Crippen molar-refractivity contribution >= 4 is 21.4 Å².